The summed E-state index contributed by atoms with van der Waals surface area (Å²) in [6, 6.07) is 2.87. The lowest BCUT2D eigenvalue weighted by Crippen LogP contribution is -2.24. The highest BCUT2D eigenvalue weighted by atomic mass is 79.9. The molecule has 2 heterocycles. The Morgan fingerprint density at radius 1 is 1.36 bits per heavy atom. The molecule has 0 atom stereocenters. The third-order valence-corrected chi connectivity index (χ3v) is 7.05. The number of hydrogen-bond donors (Lipinski definition) is 1. The number of nitrogens with one attached hydrogen (secondary N) is 1. The molecule has 0 saturated heterocycles. The summed E-state index contributed by atoms with van der Waals surface area (Å²) in [6.07, 6.45) is -2.11. The highest BCUT2D eigenvalue weighted by Crippen LogP contribution is 2.42. The van der Waals surface area contributed by atoms with Crippen molar-refractivity contribution in [2.75, 3.05) is 6.54 Å². The summed E-state index contributed by atoms with van der Waals surface area (Å²) in [5, 5.41) is 6.48. The number of aryl methyl sites for hydroxylation is 1. The van der Waals surface area contributed by atoms with E-state index in [1.807, 2.05) is 0 Å². The molecule has 3 rings (SSSR count). The third-order valence-electron chi connectivity index (χ3n) is 3.80. The Kier molecular flexibility index (Phi) is 5.60. The minimum atomic E-state index is -4.43. The van der Waals surface area contributed by atoms with Gasteiger partial charge in [0.05, 0.1) is 8.66 Å². The van der Waals surface area contributed by atoms with Crippen LogP contribution in [0.5, 0.6) is 0 Å². The lowest BCUT2D eigenvalue weighted by molar-refractivity contribution is -0.141. The average molecular weight is 501 g/mol. The lowest BCUT2D eigenvalue weighted by Gasteiger charge is -2.07. The van der Waals surface area contributed by atoms with Crippen LogP contribution in [0.4, 0.5) is 13.2 Å². The maximum atomic E-state index is 12.8. The number of carbonyl (C=O) groups is 1. The van der Waals surface area contributed by atoms with Crippen LogP contribution >= 0.6 is 43.2 Å². The minimum absolute atomic E-state index is 0.180. The molecular weight excluding hydrogens is 487 g/mol. The molecule has 1 amide bonds. The molecule has 1 aliphatic rings. The van der Waals surface area contributed by atoms with E-state index in [4.69, 9.17) is 0 Å². The largest absolute Gasteiger partial charge is 0.435 e. The summed E-state index contributed by atoms with van der Waals surface area (Å²) in [7, 11) is 0. The standard InChI is InChI=1S/C15H14Br2F3N3OS/c16-9-6-11(25-13(9)17)14(24)21-4-1-5-23-10(8-2-3-8)7-12(22-23)15(18,19)20/h6-8H,1-5H2,(H,21,24). The highest BCUT2D eigenvalue weighted by molar-refractivity contribution is 9.13. The average Bonchev–Trinajstić information content (AvgIpc) is 3.19. The van der Waals surface area contributed by atoms with Crippen molar-refractivity contribution in [1.82, 2.24) is 15.1 Å². The molecule has 0 aromatic carbocycles. The quantitative estimate of drug-likeness (QED) is 0.555. The van der Waals surface area contributed by atoms with Crippen molar-refractivity contribution in [2.24, 2.45) is 0 Å². The molecule has 1 fully saturated rings. The maximum absolute atomic E-state index is 12.8. The van der Waals surface area contributed by atoms with Crippen molar-refractivity contribution >= 4 is 49.1 Å². The zero-order valence-electron chi connectivity index (χ0n) is 12.9. The van der Waals surface area contributed by atoms with Crippen LogP contribution in [0.15, 0.2) is 20.4 Å². The summed E-state index contributed by atoms with van der Waals surface area (Å²) in [5.74, 6) is -0.0192. The van der Waals surface area contributed by atoms with Gasteiger partial charge in [0.1, 0.15) is 0 Å². The predicted molar refractivity (Wildman–Crippen MR) is 95.9 cm³/mol. The molecule has 136 valence electrons. The molecule has 10 heteroatoms. The van der Waals surface area contributed by atoms with Crippen LogP contribution in [-0.2, 0) is 12.7 Å². The van der Waals surface area contributed by atoms with Gasteiger partial charge in [-0.25, -0.2) is 0 Å². The van der Waals surface area contributed by atoms with Gasteiger partial charge in [0.2, 0.25) is 0 Å². The van der Waals surface area contributed by atoms with Crippen LogP contribution in [0.25, 0.3) is 0 Å². The van der Waals surface area contributed by atoms with Crippen molar-refractivity contribution in [3.05, 3.63) is 36.7 Å². The highest BCUT2D eigenvalue weighted by Gasteiger charge is 2.37. The Hall–Kier alpha value is -0.870. The van der Waals surface area contributed by atoms with Crippen molar-refractivity contribution in [2.45, 2.75) is 37.9 Å². The molecule has 1 saturated carbocycles. The fraction of sp³-hybridized carbons (Fsp3) is 0.467. The number of halogens is 5. The van der Waals surface area contributed by atoms with Gasteiger partial charge in [0.15, 0.2) is 5.69 Å². The molecule has 1 N–H and O–H groups in total. The first-order chi connectivity index (χ1) is 11.8. The fourth-order valence-electron chi connectivity index (χ4n) is 2.43. The van der Waals surface area contributed by atoms with Gasteiger partial charge in [-0.05, 0) is 63.3 Å². The van der Waals surface area contributed by atoms with Gasteiger partial charge in [-0.1, -0.05) is 0 Å². The fourth-order valence-corrected chi connectivity index (χ4v) is 4.38. The topological polar surface area (TPSA) is 46.9 Å². The van der Waals surface area contributed by atoms with Crippen LogP contribution in [0.1, 0.15) is 46.2 Å². The molecule has 0 bridgehead atoms. The Balaban J connectivity index is 1.55. The number of nitrogens with zero attached hydrogens (tertiary/aromatic N) is 2. The molecule has 0 unspecified atom stereocenters. The molecule has 0 spiro atoms. The molecule has 2 aromatic rings. The first kappa shape index (κ1) is 18.9. The summed E-state index contributed by atoms with van der Waals surface area (Å²) in [4.78, 5) is 12.6. The summed E-state index contributed by atoms with van der Waals surface area (Å²) < 4.78 is 41.6. The number of alkyl halides is 3. The molecule has 4 nitrogen and oxygen atoms in total. The molecule has 2 aromatic heterocycles. The second-order valence-electron chi connectivity index (χ2n) is 5.79. The van der Waals surface area contributed by atoms with Gasteiger partial charge in [-0.2, -0.15) is 18.3 Å². The van der Waals surface area contributed by atoms with Gasteiger partial charge >= 0.3 is 6.18 Å². The van der Waals surface area contributed by atoms with Gasteiger partial charge in [0, 0.05) is 29.2 Å². The Morgan fingerprint density at radius 3 is 2.64 bits per heavy atom. The van der Waals surface area contributed by atoms with Crippen molar-refractivity contribution < 1.29 is 18.0 Å². The molecule has 25 heavy (non-hydrogen) atoms. The van der Waals surface area contributed by atoms with Gasteiger partial charge < -0.3 is 5.32 Å². The van der Waals surface area contributed by atoms with E-state index in [1.54, 1.807) is 6.07 Å². The van der Waals surface area contributed by atoms with Crippen molar-refractivity contribution in [3.8, 4) is 0 Å². The van der Waals surface area contributed by atoms with Gasteiger partial charge in [-0.3, -0.25) is 9.48 Å². The lowest BCUT2D eigenvalue weighted by atomic mass is 10.2. The van der Waals surface area contributed by atoms with E-state index in [1.165, 1.54) is 16.0 Å². The minimum Gasteiger partial charge on any atom is -0.351 e. The first-order valence-electron chi connectivity index (χ1n) is 7.63. The van der Waals surface area contributed by atoms with E-state index in [2.05, 4.69) is 42.3 Å². The zero-order chi connectivity index (χ0) is 18.2. The van der Waals surface area contributed by atoms with Gasteiger partial charge in [-0.15, -0.1) is 11.3 Å². The van der Waals surface area contributed by atoms with E-state index in [-0.39, 0.29) is 11.8 Å². The van der Waals surface area contributed by atoms with E-state index in [0.717, 1.165) is 27.2 Å². The third kappa shape index (κ3) is 4.65. The normalized spacial score (nSPS) is 14.8. The molecule has 1 aliphatic carbocycles. The Labute approximate surface area is 163 Å². The van der Waals surface area contributed by atoms with Crippen molar-refractivity contribution in [3.63, 3.8) is 0 Å². The summed E-state index contributed by atoms with van der Waals surface area (Å²) >= 11 is 7.97. The van der Waals surface area contributed by atoms with E-state index in [0.29, 0.717) is 30.1 Å². The second kappa shape index (κ2) is 7.40. The van der Waals surface area contributed by atoms with Gasteiger partial charge in [0.25, 0.3) is 5.91 Å². The number of thiophene rings is 1. The van der Waals surface area contributed by atoms with Crippen LogP contribution in [0, 0.1) is 0 Å². The monoisotopic (exact) mass is 499 g/mol. The first-order valence-corrected chi connectivity index (χ1v) is 10.0. The second-order valence-corrected chi connectivity index (χ2v) is 9.02. The predicted octanol–water partition coefficient (Wildman–Crippen LogP) is 5.19. The number of hydrogen-bond acceptors (Lipinski definition) is 3. The molecular formula is C15H14Br2F3N3OS. The maximum Gasteiger partial charge on any atom is 0.435 e. The Bertz CT molecular complexity index is 764. The zero-order valence-corrected chi connectivity index (χ0v) is 16.9. The number of aromatic nitrogens is 2. The van der Waals surface area contributed by atoms with Crippen molar-refractivity contribution in [1.29, 1.82) is 0 Å². The van der Waals surface area contributed by atoms with Crippen LogP contribution in [0.3, 0.4) is 0 Å². The van der Waals surface area contributed by atoms with Crippen LogP contribution in [0.2, 0.25) is 0 Å². The molecule has 0 aliphatic heterocycles. The SMILES string of the molecule is O=C(NCCCn1nc(C(F)(F)F)cc1C1CC1)c1cc(Br)c(Br)s1. The smallest absolute Gasteiger partial charge is 0.351 e. The number of rotatable bonds is 6. The Morgan fingerprint density at radius 2 is 2.08 bits per heavy atom. The van der Waals surface area contributed by atoms with E-state index in [9.17, 15) is 18.0 Å². The summed E-state index contributed by atoms with van der Waals surface area (Å²) in [6.45, 7) is 0.720. The van der Waals surface area contributed by atoms with Crippen LogP contribution < -0.4 is 5.32 Å². The number of amides is 1. The van der Waals surface area contributed by atoms with Crippen LogP contribution in [-0.4, -0.2) is 22.2 Å². The summed E-state index contributed by atoms with van der Waals surface area (Å²) in [5.41, 5.74) is -0.198. The van der Waals surface area contributed by atoms with E-state index < -0.39 is 11.9 Å². The van der Waals surface area contributed by atoms with E-state index >= 15 is 0 Å². The molecule has 0 radical (unpaired) electrons. The number of carbonyl (C=O) groups excluding carboxylic acids is 1.